The largest absolute Gasteiger partial charge is 0.277 e. The molecule has 1 aliphatic heterocycles. The highest BCUT2D eigenvalue weighted by Crippen LogP contribution is 2.31. The fourth-order valence-electron chi connectivity index (χ4n) is 0.582. The molecule has 50 valence electrons. The second-order valence-electron chi connectivity index (χ2n) is 2.14. The van der Waals surface area contributed by atoms with Crippen molar-refractivity contribution in [1.82, 2.24) is 0 Å². The van der Waals surface area contributed by atoms with E-state index in [0.717, 1.165) is 0 Å². The van der Waals surface area contributed by atoms with Crippen LogP contribution in [0.4, 0.5) is 0 Å². The van der Waals surface area contributed by atoms with Crippen molar-refractivity contribution in [2.75, 3.05) is 0 Å². The predicted molar refractivity (Wildman–Crippen MR) is 47.7 cm³/mol. The molecule has 9 heavy (non-hydrogen) atoms. The number of aliphatic imine (C=N–C) groups is 1. The van der Waals surface area contributed by atoms with Gasteiger partial charge in [-0.2, -0.15) is 0 Å². The highest BCUT2D eigenvalue weighted by molar-refractivity contribution is 9.12. The number of dihydropyridines is 1. The molecule has 0 N–H and O–H groups in total. The van der Waals surface area contributed by atoms with Crippen molar-refractivity contribution in [1.29, 1.82) is 0 Å². The lowest BCUT2D eigenvalue weighted by atomic mass is 10.1. The van der Waals surface area contributed by atoms with Crippen LogP contribution < -0.4 is 0 Å². The number of rotatable bonds is 0. The second kappa shape index (κ2) is 2.54. The van der Waals surface area contributed by atoms with Gasteiger partial charge in [-0.1, -0.05) is 37.9 Å². The summed E-state index contributed by atoms with van der Waals surface area (Å²) in [5.74, 6) is 0. The van der Waals surface area contributed by atoms with Gasteiger partial charge in [0, 0.05) is 6.21 Å². The Bertz CT molecular complexity index is 160. The Morgan fingerprint density at radius 3 is 2.67 bits per heavy atom. The van der Waals surface area contributed by atoms with E-state index in [4.69, 9.17) is 0 Å². The van der Waals surface area contributed by atoms with Crippen molar-refractivity contribution >= 4 is 38.1 Å². The lowest BCUT2D eigenvalue weighted by Crippen LogP contribution is -2.25. The summed E-state index contributed by atoms with van der Waals surface area (Å²) in [6, 6.07) is 0. The minimum Gasteiger partial charge on any atom is -0.277 e. The summed E-state index contributed by atoms with van der Waals surface area (Å²) in [6.45, 7) is 2.07. The van der Waals surface area contributed by atoms with E-state index >= 15 is 0 Å². The molecule has 3 heteroatoms. The predicted octanol–water partition coefficient (Wildman–Crippen LogP) is 2.50. The third kappa shape index (κ3) is 1.64. The molecule has 1 aliphatic rings. The number of nitrogens with zero attached hydrogens (tertiary/aromatic N) is 1. The van der Waals surface area contributed by atoms with Gasteiger partial charge in [-0.25, -0.2) is 0 Å². The van der Waals surface area contributed by atoms with E-state index in [0.29, 0.717) is 0 Å². The van der Waals surface area contributed by atoms with Crippen LogP contribution in [-0.2, 0) is 0 Å². The molecule has 1 rings (SSSR count). The van der Waals surface area contributed by atoms with Crippen molar-refractivity contribution in [2.45, 2.75) is 16.2 Å². The van der Waals surface area contributed by atoms with Crippen molar-refractivity contribution < 1.29 is 0 Å². The first-order chi connectivity index (χ1) is 4.13. The zero-order chi connectivity index (χ0) is 6.91. The summed E-state index contributed by atoms with van der Waals surface area (Å²) in [5.41, 5.74) is 0. The third-order valence-corrected chi connectivity index (χ3v) is 3.69. The Labute approximate surface area is 71.5 Å². The minimum atomic E-state index is -0.0122. The van der Waals surface area contributed by atoms with Gasteiger partial charge in [0.1, 0.15) is 4.95 Å². The van der Waals surface area contributed by atoms with Crippen LogP contribution in [-0.4, -0.2) is 15.5 Å². The summed E-state index contributed by atoms with van der Waals surface area (Å²) >= 11 is 6.92. The van der Waals surface area contributed by atoms with Crippen LogP contribution in [0.1, 0.15) is 6.92 Å². The Balaban J connectivity index is 2.78. The molecule has 0 saturated carbocycles. The summed E-state index contributed by atoms with van der Waals surface area (Å²) in [6.07, 6.45) is 5.80. The second-order valence-corrected chi connectivity index (χ2v) is 4.72. The Morgan fingerprint density at radius 1 is 1.67 bits per heavy atom. The molecule has 0 aromatic carbocycles. The molecule has 0 saturated heterocycles. The van der Waals surface area contributed by atoms with Gasteiger partial charge in [-0.15, -0.1) is 0 Å². The zero-order valence-electron chi connectivity index (χ0n) is 5.01. The topological polar surface area (TPSA) is 12.4 Å². The number of hydrogen-bond donors (Lipinski definition) is 0. The lowest BCUT2D eigenvalue weighted by Gasteiger charge is -2.23. The van der Waals surface area contributed by atoms with Crippen molar-refractivity contribution in [3.63, 3.8) is 0 Å². The van der Waals surface area contributed by atoms with Gasteiger partial charge in [-0.05, 0) is 13.0 Å². The standard InChI is InChI=1S/C6H7Br2N/c1-6(8)3-2-4-9-5(6)7/h2-5H,1H3. The number of halogens is 2. The SMILES string of the molecule is CC1(Br)C=CC=NC1Br. The van der Waals surface area contributed by atoms with Gasteiger partial charge in [-0.3, -0.25) is 4.99 Å². The van der Waals surface area contributed by atoms with Crippen LogP contribution in [0.15, 0.2) is 17.1 Å². The quantitative estimate of drug-likeness (QED) is 0.464. The minimum absolute atomic E-state index is 0.0122. The average molecular weight is 253 g/mol. The molecule has 0 aromatic rings. The Morgan fingerprint density at radius 2 is 2.33 bits per heavy atom. The molecule has 0 amide bonds. The fraction of sp³-hybridized carbons (Fsp3) is 0.500. The van der Waals surface area contributed by atoms with Crippen molar-refractivity contribution in [3.8, 4) is 0 Å². The average Bonchev–Trinajstić information content (AvgIpc) is 1.77. The third-order valence-electron chi connectivity index (χ3n) is 1.19. The highest BCUT2D eigenvalue weighted by atomic mass is 79.9. The van der Waals surface area contributed by atoms with Crippen molar-refractivity contribution in [3.05, 3.63) is 12.2 Å². The molecular formula is C6H7Br2N. The van der Waals surface area contributed by atoms with E-state index in [1.54, 1.807) is 6.21 Å². The lowest BCUT2D eigenvalue weighted by molar-refractivity contribution is 0.772. The van der Waals surface area contributed by atoms with E-state index in [9.17, 15) is 0 Å². The molecule has 1 heterocycles. The van der Waals surface area contributed by atoms with E-state index in [2.05, 4.69) is 49.9 Å². The first-order valence-corrected chi connectivity index (χ1v) is 4.38. The van der Waals surface area contributed by atoms with E-state index in [1.807, 2.05) is 6.08 Å². The fourth-order valence-corrected chi connectivity index (χ4v) is 1.14. The summed E-state index contributed by atoms with van der Waals surface area (Å²) in [4.78, 5) is 4.30. The van der Waals surface area contributed by atoms with Crippen LogP contribution in [0.2, 0.25) is 0 Å². The maximum absolute atomic E-state index is 4.14. The Kier molecular flexibility index (Phi) is 2.11. The van der Waals surface area contributed by atoms with Gasteiger partial charge < -0.3 is 0 Å². The molecule has 1 nitrogen and oxygen atoms in total. The maximum atomic E-state index is 4.14. The number of alkyl halides is 2. The van der Waals surface area contributed by atoms with Gasteiger partial charge in [0.05, 0.1) is 4.32 Å². The normalized spacial score (nSPS) is 41.4. The van der Waals surface area contributed by atoms with E-state index in [1.165, 1.54) is 0 Å². The summed E-state index contributed by atoms with van der Waals surface area (Å²) in [5, 5.41) is 0. The monoisotopic (exact) mass is 251 g/mol. The molecule has 0 bridgehead atoms. The van der Waals surface area contributed by atoms with Crippen LogP contribution in [0.3, 0.4) is 0 Å². The van der Waals surface area contributed by atoms with E-state index in [-0.39, 0.29) is 9.28 Å². The molecule has 2 unspecified atom stereocenters. The van der Waals surface area contributed by atoms with Gasteiger partial charge in [0.2, 0.25) is 0 Å². The molecule has 0 aliphatic carbocycles. The summed E-state index contributed by atoms with van der Waals surface area (Å²) in [7, 11) is 0. The molecule has 0 fully saturated rings. The first kappa shape index (κ1) is 7.48. The molecule has 0 spiro atoms. The van der Waals surface area contributed by atoms with Crippen LogP contribution >= 0.6 is 31.9 Å². The van der Waals surface area contributed by atoms with Crippen LogP contribution in [0.5, 0.6) is 0 Å². The summed E-state index contributed by atoms with van der Waals surface area (Å²) < 4.78 is -0.0122. The molecule has 0 aromatic heterocycles. The zero-order valence-corrected chi connectivity index (χ0v) is 8.18. The highest BCUT2D eigenvalue weighted by Gasteiger charge is 2.26. The first-order valence-electron chi connectivity index (χ1n) is 2.67. The number of hydrogen-bond acceptors (Lipinski definition) is 1. The maximum Gasteiger partial charge on any atom is 0.123 e. The molecule has 2 atom stereocenters. The smallest absolute Gasteiger partial charge is 0.123 e. The Hall–Kier alpha value is 0.370. The van der Waals surface area contributed by atoms with Gasteiger partial charge in [0.15, 0.2) is 0 Å². The van der Waals surface area contributed by atoms with E-state index < -0.39 is 0 Å². The van der Waals surface area contributed by atoms with Crippen LogP contribution in [0, 0.1) is 0 Å². The number of allylic oxidation sites excluding steroid dienone is 1. The van der Waals surface area contributed by atoms with Gasteiger partial charge >= 0.3 is 0 Å². The van der Waals surface area contributed by atoms with Gasteiger partial charge in [0.25, 0.3) is 0 Å². The van der Waals surface area contributed by atoms with Crippen LogP contribution in [0.25, 0.3) is 0 Å². The molecule has 0 radical (unpaired) electrons. The molecular weight excluding hydrogens is 246 g/mol. The van der Waals surface area contributed by atoms with Crippen molar-refractivity contribution in [2.24, 2.45) is 4.99 Å².